The molecule has 1 saturated carbocycles. The average molecular weight is 223 g/mol. The highest BCUT2D eigenvalue weighted by molar-refractivity contribution is 8.14. The molecule has 0 N–H and O–H groups in total. The van der Waals surface area contributed by atoms with E-state index < -0.39 is 0 Å². The lowest BCUT2D eigenvalue weighted by Crippen LogP contribution is -2.33. The molecule has 4 heteroatoms. The minimum atomic E-state index is 0.290. The number of fused-ring (bicyclic) bond motifs is 2. The minimum Gasteiger partial charge on any atom is -0.333 e. The van der Waals surface area contributed by atoms with E-state index in [0.29, 0.717) is 21.9 Å². The van der Waals surface area contributed by atoms with Gasteiger partial charge in [-0.05, 0) is 12.8 Å². The molecule has 2 heterocycles. The van der Waals surface area contributed by atoms with Crippen LogP contribution in [0.1, 0.15) is 33.1 Å². The van der Waals surface area contributed by atoms with Gasteiger partial charge >= 0.3 is 0 Å². The van der Waals surface area contributed by atoms with Gasteiger partial charge in [0, 0.05) is 18.3 Å². The quantitative estimate of drug-likeness (QED) is 0.588. The first-order chi connectivity index (χ1) is 6.95. The Morgan fingerprint density at radius 2 is 2.20 bits per heavy atom. The van der Waals surface area contributed by atoms with Crippen LogP contribution in [0.15, 0.2) is 0 Å². The van der Waals surface area contributed by atoms with Gasteiger partial charge in [-0.1, -0.05) is 42.7 Å². The van der Waals surface area contributed by atoms with Crippen LogP contribution in [0.5, 0.6) is 0 Å². The van der Waals surface area contributed by atoms with Crippen molar-refractivity contribution in [1.82, 2.24) is 4.90 Å². The summed E-state index contributed by atoms with van der Waals surface area (Å²) < 4.78 is 0. The zero-order valence-corrected chi connectivity index (χ0v) is 10.6. The van der Waals surface area contributed by atoms with Gasteiger partial charge in [-0.15, -0.1) is 0 Å². The molecule has 15 heavy (non-hydrogen) atoms. The third-order valence-corrected chi connectivity index (χ3v) is 6.50. The molecule has 0 radical (unpaired) electrons. The van der Waals surface area contributed by atoms with E-state index >= 15 is 0 Å². The van der Waals surface area contributed by atoms with Crippen molar-refractivity contribution in [3.8, 4) is 0 Å². The van der Waals surface area contributed by atoms with Crippen LogP contribution in [0.4, 0.5) is 4.79 Å². The Balaban J connectivity index is 1.85. The Kier molecular flexibility index (Phi) is 1.85. The Bertz CT molecular complexity index is 337. The highest BCUT2D eigenvalue weighted by atomic mass is 32.2. The van der Waals surface area contributed by atoms with Gasteiger partial charge in [-0.3, -0.25) is 4.79 Å². The Hall–Kier alpha value is -0.115. The fourth-order valence-corrected chi connectivity index (χ4v) is 5.16. The number of carbonyl (C=O) groups is 1. The van der Waals surface area contributed by atoms with Crippen LogP contribution in [0.3, 0.4) is 0 Å². The van der Waals surface area contributed by atoms with Crippen LogP contribution in [0.2, 0.25) is 10.6 Å². The molecule has 0 bridgehead atoms. The van der Waals surface area contributed by atoms with Crippen molar-refractivity contribution >= 4 is 24.3 Å². The van der Waals surface area contributed by atoms with Crippen molar-refractivity contribution in [2.45, 2.75) is 55.0 Å². The lowest BCUT2D eigenvalue weighted by Gasteiger charge is -2.22. The van der Waals surface area contributed by atoms with Crippen molar-refractivity contribution in [2.24, 2.45) is 0 Å². The summed E-state index contributed by atoms with van der Waals surface area (Å²) in [7, 11) is 3.35. The summed E-state index contributed by atoms with van der Waals surface area (Å²) in [6, 6.07) is 0.518. The van der Waals surface area contributed by atoms with Crippen LogP contribution >= 0.6 is 11.8 Å². The standard InChI is InChI=1S/C11H18BNOS/c1-10-5-4-7-8(6-11(10,2)12-10)15-9(14)13(7)3/h7-8,12H,4-6H2,1-3H3. The van der Waals surface area contributed by atoms with Crippen LogP contribution in [0.25, 0.3) is 0 Å². The van der Waals surface area contributed by atoms with Crippen LogP contribution in [-0.2, 0) is 0 Å². The molecule has 0 aromatic heterocycles. The fraction of sp³-hybridized carbons (Fsp3) is 0.909. The summed E-state index contributed by atoms with van der Waals surface area (Å²) in [6.45, 7) is 4.85. The van der Waals surface area contributed by atoms with Crippen LogP contribution in [0, 0.1) is 0 Å². The maximum Gasteiger partial charge on any atom is 0.282 e. The molecule has 1 aliphatic carbocycles. The molecular weight excluding hydrogens is 205 g/mol. The van der Waals surface area contributed by atoms with E-state index in [9.17, 15) is 4.79 Å². The van der Waals surface area contributed by atoms with Gasteiger partial charge in [0.25, 0.3) is 5.24 Å². The molecule has 3 aliphatic rings. The smallest absolute Gasteiger partial charge is 0.282 e. The number of carbonyl (C=O) groups excluding carboxylic acids is 1. The number of hydrogen-bond acceptors (Lipinski definition) is 2. The first kappa shape index (κ1) is 10.1. The van der Waals surface area contributed by atoms with E-state index in [-0.39, 0.29) is 5.24 Å². The molecule has 4 unspecified atom stereocenters. The third kappa shape index (κ3) is 1.23. The minimum absolute atomic E-state index is 0.290. The SMILES string of the molecule is CN1C(=O)SC2CC3(C)BC3(C)CCC21. The molecule has 3 rings (SSSR count). The predicted octanol–water partition coefficient (Wildman–Crippen LogP) is 2.51. The third-order valence-electron chi connectivity index (χ3n) is 5.22. The largest absolute Gasteiger partial charge is 0.333 e. The van der Waals surface area contributed by atoms with E-state index in [1.165, 1.54) is 26.5 Å². The topological polar surface area (TPSA) is 20.3 Å². The van der Waals surface area contributed by atoms with E-state index in [4.69, 9.17) is 0 Å². The Morgan fingerprint density at radius 3 is 2.93 bits per heavy atom. The number of amides is 1. The lowest BCUT2D eigenvalue weighted by molar-refractivity contribution is 0.217. The molecule has 4 atom stereocenters. The van der Waals surface area contributed by atoms with E-state index in [1.54, 1.807) is 11.8 Å². The maximum absolute atomic E-state index is 11.6. The number of nitrogens with zero attached hydrogens (tertiary/aromatic N) is 1. The first-order valence-corrected chi connectivity index (χ1v) is 6.77. The van der Waals surface area contributed by atoms with Crippen LogP contribution in [-0.4, -0.2) is 35.8 Å². The molecule has 2 nitrogen and oxygen atoms in total. The van der Waals surface area contributed by atoms with Crippen LogP contribution < -0.4 is 0 Å². The summed E-state index contributed by atoms with van der Waals surface area (Å²) in [4.78, 5) is 13.6. The van der Waals surface area contributed by atoms with Crippen molar-refractivity contribution in [2.75, 3.05) is 7.05 Å². The van der Waals surface area contributed by atoms with Gasteiger partial charge in [0.2, 0.25) is 0 Å². The molecule has 1 amide bonds. The summed E-state index contributed by atoms with van der Waals surface area (Å²) in [5, 5.41) is 1.97. The summed E-state index contributed by atoms with van der Waals surface area (Å²) in [5.41, 5.74) is 0. The Labute approximate surface area is 96.4 Å². The van der Waals surface area contributed by atoms with Crippen molar-refractivity contribution in [1.29, 1.82) is 0 Å². The fourth-order valence-electron chi connectivity index (χ4n) is 3.67. The monoisotopic (exact) mass is 223 g/mol. The highest BCUT2D eigenvalue weighted by Gasteiger charge is 2.64. The molecule has 0 spiro atoms. The summed E-state index contributed by atoms with van der Waals surface area (Å²) in [6.07, 6.45) is 3.77. The average Bonchev–Trinajstić information content (AvgIpc) is 2.58. The second kappa shape index (κ2) is 2.76. The van der Waals surface area contributed by atoms with Crippen molar-refractivity contribution in [3.05, 3.63) is 0 Å². The van der Waals surface area contributed by atoms with Gasteiger partial charge in [-0.2, -0.15) is 0 Å². The number of thioether (sulfide) groups is 1. The van der Waals surface area contributed by atoms with Gasteiger partial charge in [-0.25, -0.2) is 0 Å². The summed E-state index contributed by atoms with van der Waals surface area (Å²) in [5.74, 6) is 0. The summed E-state index contributed by atoms with van der Waals surface area (Å²) >= 11 is 1.59. The molecule has 3 fully saturated rings. The second-order valence-corrected chi connectivity index (χ2v) is 7.33. The maximum atomic E-state index is 11.6. The van der Waals surface area contributed by atoms with Gasteiger partial charge < -0.3 is 4.90 Å². The zero-order chi connectivity index (χ0) is 10.8. The molecule has 2 aliphatic heterocycles. The van der Waals surface area contributed by atoms with E-state index in [1.807, 2.05) is 11.9 Å². The van der Waals surface area contributed by atoms with Gasteiger partial charge in [0.05, 0.1) is 0 Å². The molecule has 0 aromatic rings. The highest BCUT2D eigenvalue weighted by Crippen LogP contribution is 2.75. The second-order valence-electron chi connectivity index (χ2n) is 6.14. The molecule has 0 aromatic carbocycles. The predicted molar refractivity (Wildman–Crippen MR) is 66.1 cm³/mol. The van der Waals surface area contributed by atoms with E-state index in [2.05, 4.69) is 13.8 Å². The van der Waals surface area contributed by atoms with E-state index in [0.717, 1.165) is 0 Å². The molecule has 82 valence electrons. The number of rotatable bonds is 0. The first-order valence-electron chi connectivity index (χ1n) is 5.89. The molecular formula is C11H18BNOS. The molecule has 2 saturated heterocycles. The van der Waals surface area contributed by atoms with Gasteiger partial charge in [0.15, 0.2) is 0 Å². The zero-order valence-electron chi connectivity index (χ0n) is 9.75. The van der Waals surface area contributed by atoms with Gasteiger partial charge in [0.1, 0.15) is 7.28 Å². The normalized spacial score (nSPS) is 53.0. The van der Waals surface area contributed by atoms with Crippen molar-refractivity contribution < 1.29 is 4.79 Å². The number of hydrogen-bond donors (Lipinski definition) is 0. The Morgan fingerprint density at radius 1 is 1.47 bits per heavy atom. The lowest BCUT2D eigenvalue weighted by atomic mass is 9.81. The van der Waals surface area contributed by atoms with Crippen molar-refractivity contribution in [3.63, 3.8) is 0 Å².